The maximum absolute atomic E-state index is 12.2. The fraction of sp³-hybridized carbons (Fsp3) is 0.478. The van der Waals surface area contributed by atoms with Gasteiger partial charge < -0.3 is 9.90 Å². The second-order valence-corrected chi connectivity index (χ2v) is 13.0. The lowest BCUT2D eigenvalue weighted by Crippen LogP contribution is -2.65. The molecule has 26 heavy (non-hydrogen) atoms. The second kappa shape index (κ2) is 6.95. The van der Waals surface area contributed by atoms with E-state index in [0.29, 0.717) is 11.8 Å². The van der Waals surface area contributed by atoms with Crippen molar-refractivity contribution in [2.45, 2.75) is 45.6 Å². The lowest BCUT2D eigenvalue weighted by atomic mass is 10.0. The van der Waals surface area contributed by atoms with Gasteiger partial charge in [-0.25, -0.2) is 0 Å². The number of aliphatic hydroxyl groups excluding tert-OH is 1. The van der Waals surface area contributed by atoms with Gasteiger partial charge in [0.2, 0.25) is 0 Å². The maximum atomic E-state index is 12.2. The lowest BCUT2D eigenvalue weighted by molar-refractivity contribution is 0.254. The summed E-state index contributed by atoms with van der Waals surface area (Å²) >= 11 is 0. The summed E-state index contributed by atoms with van der Waals surface area (Å²) in [6.45, 7) is 9.23. The number of hydrogen-bond donors (Lipinski definition) is 2. The van der Waals surface area contributed by atoms with Crippen LogP contribution in [0.3, 0.4) is 0 Å². The topological polar surface area (TPSA) is 40.5 Å². The first-order valence-corrected chi connectivity index (χ1v) is 11.6. The van der Waals surface area contributed by atoms with E-state index in [1.165, 1.54) is 0 Å². The highest BCUT2D eigenvalue weighted by molar-refractivity contribution is 6.98. The summed E-state index contributed by atoms with van der Waals surface area (Å²) in [6.07, 6.45) is 2.02. The fourth-order valence-corrected chi connectivity index (χ4v) is 8.55. The van der Waals surface area contributed by atoms with Crippen LogP contribution in [0.15, 0.2) is 60.7 Å². The Hall–Kier alpha value is -1.42. The van der Waals surface area contributed by atoms with Crippen LogP contribution in [-0.4, -0.2) is 24.8 Å². The molecule has 1 fully saturated rings. The molecule has 3 rings (SSSR count). The Kier molecular flexibility index (Phi) is 5.17. The third kappa shape index (κ3) is 3.17. The molecule has 2 nitrogen and oxygen atoms in total. The van der Waals surface area contributed by atoms with Crippen LogP contribution in [-0.2, 0) is 0 Å². The van der Waals surface area contributed by atoms with Crippen molar-refractivity contribution in [2.75, 3.05) is 6.61 Å². The van der Waals surface area contributed by atoms with Gasteiger partial charge in [0.1, 0.15) is 0 Å². The molecule has 0 saturated heterocycles. The van der Waals surface area contributed by atoms with Gasteiger partial charge >= 0.3 is 0 Å². The van der Waals surface area contributed by atoms with Crippen molar-refractivity contribution < 1.29 is 9.90 Å². The van der Waals surface area contributed by atoms with E-state index in [1.807, 2.05) is 36.4 Å². The summed E-state index contributed by atoms with van der Waals surface area (Å²) < 4.78 is 0. The third-order valence-corrected chi connectivity index (χ3v) is 11.5. The molecule has 2 aromatic carbocycles. The Labute approximate surface area is 159 Å². The van der Waals surface area contributed by atoms with Crippen molar-refractivity contribution in [2.24, 2.45) is 17.3 Å². The highest BCUT2D eigenvalue weighted by Crippen LogP contribution is 2.61. The molecule has 0 unspecified atom stereocenters. The molecule has 3 heteroatoms. The minimum atomic E-state index is -2.91. The van der Waals surface area contributed by atoms with Crippen LogP contribution in [0.1, 0.15) is 40.5 Å². The van der Waals surface area contributed by atoms with E-state index < -0.39 is 8.32 Å². The van der Waals surface area contributed by atoms with Crippen molar-refractivity contribution in [3.63, 3.8) is 0 Å². The van der Waals surface area contributed by atoms with E-state index in [0.717, 1.165) is 23.2 Å². The van der Waals surface area contributed by atoms with Crippen LogP contribution in [0.4, 0.5) is 0 Å². The van der Waals surface area contributed by atoms with E-state index in [9.17, 15) is 9.90 Å². The quantitative estimate of drug-likeness (QED) is 0.734. The van der Waals surface area contributed by atoms with Crippen molar-refractivity contribution in [1.29, 1.82) is 0 Å². The number of benzene rings is 2. The van der Waals surface area contributed by atoms with Gasteiger partial charge in [0.15, 0.2) is 0 Å². The van der Waals surface area contributed by atoms with Gasteiger partial charge in [-0.1, -0.05) is 88.4 Å². The smallest absolute Gasteiger partial charge is 0.258 e. The van der Waals surface area contributed by atoms with Crippen LogP contribution in [0.2, 0.25) is 5.04 Å². The van der Waals surface area contributed by atoms with Crippen LogP contribution in [0.25, 0.3) is 0 Å². The zero-order valence-electron chi connectivity index (χ0n) is 16.4. The molecule has 1 aliphatic rings. The summed E-state index contributed by atoms with van der Waals surface area (Å²) in [5, 5.41) is 11.6. The van der Waals surface area contributed by atoms with Crippen molar-refractivity contribution in [3.05, 3.63) is 60.7 Å². The predicted molar refractivity (Wildman–Crippen MR) is 111 cm³/mol. The molecule has 2 aromatic rings. The van der Waals surface area contributed by atoms with Crippen molar-refractivity contribution in [1.82, 2.24) is 0 Å². The molecule has 1 saturated carbocycles. The van der Waals surface area contributed by atoms with E-state index in [4.69, 9.17) is 0 Å². The number of rotatable bonds is 7. The molecular formula is C23H32O2Si. The number of hydrogen-bond acceptors (Lipinski definition) is 2. The summed E-state index contributed by atoms with van der Waals surface area (Å²) in [4.78, 5) is 12.2. The van der Waals surface area contributed by atoms with Gasteiger partial charge in [0, 0.05) is 6.61 Å². The SMILES string of the molecule is CC1(C)[C@H](CCC(C)(C)[Si](O)(c2ccccc2)c2ccccc2)[C@@H]1CO. The van der Waals surface area contributed by atoms with Crippen LogP contribution >= 0.6 is 0 Å². The van der Waals surface area contributed by atoms with E-state index in [2.05, 4.69) is 52.0 Å². The molecule has 140 valence electrons. The van der Waals surface area contributed by atoms with E-state index >= 15 is 0 Å². The molecule has 0 amide bonds. The van der Waals surface area contributed by atoms with Crippen LogP contribution in [0.5, 0.6) is 0 Å². The van der Waals surface area contributed by atoms with Crippen LogP contribution < -0.4 is 10.4 Å². The molecule has 0 aromatic heterocycles. The Balaban J connectivity index is 1.91. The van der Waals surface area contributed by atoms with Gasteiger partial charge in [-0.15, -0.1) is 0 Å². The minimum absolute atomic E-state index is 0.200. The lowest BCUT2D eigenvalue weighted by Gasteiger charge is -2.41. The molecule has 0 bridgehead atoms. The Morgan fingerprint density at radius 3 is 1.73 bits per heavy atom. The molecule has 1 aliphatic carbocycles. The normalized spacial score (nSPS) is 22.2. The third-order valence-electron chi connectivity index (χ3n) is 6.93. The maximum Gasteiger partial charge on any atom is 0.258 e. The zero-order valence-corrected chi connectivity index (χ0v) is 17.4. The molecule has 0 radical (unpaired) electrons. The number of aliphatic hydroxyl groups is 1. The summed E-state index contributed by atoms with van der Waals surface area (Å²) in [7, 11) is -2.91. The van der Waals surface area contributed by atoms with Crippen LogP contribution in [0, 0.1) is 17.3 Å². The van der Waals surface area contributed by atoms with E-state index in [-0.39, 0.29) is 17.1 Å². The largest absolute Gasteiger partial charge is 0.424 e. The van der Waals surface area contributed by atoms with Gasteiger partial charge in [-0.3, -0.25) is 0 Å². The average molecular weight is 369 g/mol. The Morgan fingerprint density at radius 2 is 1.35 bits per heavy atom. The highest BCUT2D eigenvalue weighted by Gasteiger charge is 2.58. The Bertz CT molecular complexity index is 685. The summed E-state index contributed by atoms with van der Waals surface area (Å²) in [5.41, 5.74) is 0.226. The monoisotopic (exact) mass is 368 g/mol. The molecule has 0 heterocycles. The zero-order chi connectivity index (χ0) is 19.0. The summed E-state index contributed by atoms with van der Waals surface area (Å²) in [6, 6.07) is 20.4. The van der Waals surface area contributed by atoms with Crippen molar-refractivity contribution in [3.8, 4) is 0 Å². The Morgan fingerprint density at radius 1 is 0.885 bits per heavy atom. The molecule has 0 spiro atoms. The van der Waals surface area contributed by atoms with Gasteiger partial charge in [-0.05, 0) is 45.5 Å². The second-order valence-electron chi connectivity index (χ2n) is 9.08. The molecular weight excluding hydrogens is 336 g/mol. The first-order chi connectivity index (χ1) is 12.2. The van der Waals surface area contributed by atoms with E-state index in [1.54, 1.807) is 0 Å². The molecule has 0 aliphatic heterocycles. The molecule has 2 atom stereocenters. The first kappa shape index (κ1) is 19.3. The highest BCUT2D eigenvalue weighted by atomic mass is 28.4. The first-order valence-electron chi connectivity index (χ1n) is 9.69. The average Bonchev–Trinajstić information content (AvgIpc) is 3.20. The standard InChI is InChI=1S/C23H32O2Si/c1-22(2,16-15-20-21(17-24)23(20,3)4)26(25,18-11-7-5-8-12-18)19-13-9-6-10-14-19/h5-14,20-21,24-25H,15-17H2,1-4H3/t20-,21+/m1/s1. The molecule has 2 N–H and O–H groups in total. The van der Waals surface area contributed by atoms with Gasteiger partial charge in [0.25, 0.3) is 8.32 Å². The summed E-state index contributed by atoms with van der Waals surface area (Å²) in [5.74, 6) is 0.957. The van der Waals surface area contributed by atoms with Gasteiger partial charge in [-0.2, -0.15) is 0 Å². The van der Waals surface area contributed by atoms with Crippen molar-refractivity contribution >= 4 is 18.7 Å². The minimum Gasteiger partial charge on any atom is -0.424 e. The predicted octanol–water partition coefficient (Wildman–Crippen LogP) is 3.56. The van der Waals surface area contributed by atoms with Gasteiger partial charge in [0.05, 0.1) is 0 Å². The fourth-order valence-electron chi connectivity index (χ4n) is 4.80.